The van der Waals surface area contributed by atoms with Crippen molar-refractivity contribution in [1.29, 1.82) is 0 Å². The van der Waals surface area contributed by atoms with E-state index in [1.54, 1.807) is 4.90 Å². The molecule has 2 amide bonds. The van der Waals surface area contributed by atoms with Gasteiger partial charge in [0.2, 0.25) is 5.91 Å². The zero-order chi connectivity index (χ0) is 22.0. The quantitative estimate of drug-likeness (QED) is 0.758. The first kappa shape index (κ1) is 19.3. The predicted molar refractivity (Wildman–Crippen MR) is 115 cm³/mol. The van der Waals surface area contributed by atoms with E-state index in [0.717, 1.165) is 11.1 Å². The molecule has 1 saturated heterocycles. The Morgan fingerprint density at radius 1 is 0.969 bits per heavy atom. The minimum Gasteiger partial charge on any atom is -0.481 e. The molecular formula is C25H24N2O5. The Morgan fingerprint density at radius 3 is 2.06 bits per heavy atom. The van der Waals surface area contributed by atoms with Crippen molar-refractivity contribution in [3.8, 4) is 11.1 Å². The molecule has 0 radical (unpaired) electrons. The van der Waals surface area contributed by atoms with E-state index in [-0.39, 0.29) is 36.2 Å². The molecule has 1 unspecified atom stereocenters. The normalized spacial score (nSPS) is 26.0. The van der Waals surface area contributed by atoms with Gasteiger partial charge in [-0.25, -0.2) is 4.79 Å². The van der Waals surface area contributed by atoms with Crippen LogP contribution in [0.1, 0.15) is 29.9 Å². The monoisotopic (exact) mass is 432 g/mol. The third kappa shape index (κ3) is 2.91. The number of benzene rings is 2. The Kier molecular flexibility index (Phi) is 4.12. The van der Waals surface area contributed by atoms with Gasteiger partial charge in [0, 0.05) is 19.0 Å². The Labute approximate surface area is 185 Å². The van der Waals surface area contributed by atoms with Gasteiger partial charge in [0.25, 0.3) is 0 Å². The van der Waals surface area contributed by atoms with Crippen LogP contribution in [0.25, 0.3) is 11.1 Å². The van der Waals surface area contributed by atoms with Gasteiger partial charge in [-0.3, -0.25) is 9.59 Å². The summed E-state index contributed by atoms with van der Waals surface area (Å²) in [6.45, 7) is 1.14. The summed E-state index contributed by atoms with van der Waals surface area (Å²) in [4.78, 5) is 38.5. The molecule has 6 rings (SSSR count). The van der Waals surface area contributed by atoms with Crippen molar-refractivity contribution in [2.24, 2.45) is 17.8 Å². The number of fused-ring (bicyclic) bond motifs is 4. The first-order chi connectivity index (χ1) is 15.5. The molecule has 1 heterocycles. The zero-order valence-electron chi connectivity index (χ0n) is 17.5. The third-order valence-corrected chi connectivity index (χ3v) is 7.61. The number of rotatable bonds is 5. The van der Waals surface area contributed by atoms with Crippen molar-refractivity contribution in [3.05, 3.63) is 59.7 Å². The first-order valence-corrected chi connectivity index (χ1v) is 11.1. The van der Waals surface area contributed by atoms with Crippen molar-refractivity contribution in [2.75, 3.05) is 19.7 Å². The maximum atomic E-state index is 13.0. The second-order valence-corrected chi connectivity index (χ2v) is 9.43. The van der Waals surface area contributed by atoms with Crippen molar-refractivity contribution in [1.82, 2.24) is 10.2 Å². The van der Waals surface area contributed by atoms with Gasteiger partial charge in [-0.15, -0.1) is 0 Å². The molecule has 3 aliphatic carbocycles. The highest BCUT2D eigenvalue weighted by atomic mass is 16.5. The van der Waals surface area contributed by atoms with Gasteiger partial charge in [0.15, 0.2) is 0 Å². The number of likely N-dealkylation sites (tertiary alicyclic amines) is 1. The Hall–Kier alpha value is -3.35. The van der Waals surface area contributed by atoms with Crippen LogP contribution in [0.2, 0.25) is 0 Å². The van der Waals surface area contributed by atoms with Crippen molar-refractivity contribution in [3.63, 3.8) is 0 Å². The summed E-state index contributed by atoms with van der Waals surface area (Å²) in [5, 5.41) is 12.0. The lowest BCUT2D eigenvalue weighted by molar-refractivity contribution is -0.141. The summed E-state index contributed by atoms with van der Waals surface area (Å²) in [6, 6.07) is 16.3. The number of carboxylic acid groups (broad SMARTS) is 1. The second kappa shape index (κ2) is 6.82. The van der Waals surface area contributed by atoms with E-state index in [1.165, 1.54) is 11.1 Å². The standard InChI is InChI=1S/C25H24N2O5/c28-22(29)21-18-11-27(12-19(18)21)23(30)25(9-10-25)26-24(31)32-13-20-16-7-3-1-5-14(16)15-6-2-4-8-17(15)20/h1-8,18-21H,9-13H2,(H,26,31)(H,28,29)/t18-,19+,21?. The number of aliphatic carboxylic acids is 1. The molecule has 32 heavy (non-hydrogen) atoms. The van der Waals surface area contributed by atoms with Crippen molar-refractivity contribution < 1.29 is 24.2 Å². The van der Waals surface area contributed by atoms with E-state index in [2.05, 4.69) is 29.6 Å². The van der Waals surface area contributed by atoms with E-state index in [4.69, 9.17) is 9.84 Å². The van der Waals surface area contributed by atoms with E-state index < -0.39 is 17.6 Å². The SMILES string of the molecule is O=C(NC1(C(=O)N2C[C@@H]3C(C(=O)O)[C@@H]3C2)CC1)OCC1c2ccccc2-c2ccccc21. The lowest BCUT2D eigenvalue weighted by Crippen LogP contribution is -2.51. The molecule has 2 aromatic rings. The molecule has 3 fully saturated rings. The average Bonchev–Trinajstić information content (AvgIpc) is 3.64. The summed E-state index contributed by atoms with van der Waals surface area (Å²) < 4.78 is 5.61. The highest BCUT2D eigenvalue weighted by Crippen LogP contribution is 2.53. The minimum atomic E-state index is -0.891. The number of amides is 2. The van der Waals surface area contributed by atoms with Crippen LogP contribution in [0, 0.1) is 17.8 Å². The van der Waals surface area contributed by atoms with E-state index in [1.807, 2.05) is 24.3 Å². The maximum Gasteiger partial charge on any atom is 0.408 e. The van der Waals surface area contributed by atoms with Crippen molar-refractivity contribution in [2.45, 2.75) is 24.3 Å². The molecule has 164 valence electrons. The Bertz CT molecular complexity index is 1080. The number of hydrogen-bond donors (Lipinski definition) is 2. The van der Waals surface area contributed by atoms with Gasteiger partial charge in [-0.1, -0.05) is 48.5 Å². The van der Waals surface area contributed by atoms with Gasteiger partial charge in [-0.2, -0.15) is 0 Å². The van der Waals surface area contributed by atoms with Gasteiger partial charge in [0.1, 0.15) is 12.1 Å². The third-order valence-electron chi connectivity index (χ3n) is 7.61. The molecule has 1 aliphatic heterocycles. The maximum absolute atomic E-state index is 13.0. The molecule has 2 aromatic carbocycles. The molecule has 7 heteroatoms. The summed E-state index contributed by atoms with van der Waals surface area (Å²) in [7, 11) is 0. The van der Waals surface area contributed by atoms with Crippen LogP contribution in [-0.4, -0.2) is 53.2 Å². The highest BCUT2D eigenvalue weighted by molar-refractivity contribution is 5.93. The van der Waals surface area contributed by atoms with Crippen LogP contribution < -0.4 is 5.32 Å². The fourth-order valence-electron chi connectivity index (χ4n) is 5.71. The first-order valence-electron chi connectivity index (χ1n) is 11.1. The van der Waals surface area contributed by atoms with Crippen LogP contribution in [0.5, 0.6) is 0 Å². The predicted octanol–water partition coefficient (Wildman–Crippen LogP) is 2.85. The lowest BCUT2D eigenvalue weighted by atomic mass is 9.98. The molecule has 0 bridgehead atoms. The highest BCUT2D eigenvalue weighted by Gasteiger charge is 2.63. The number of carboxylic acids is 1. The molecule has 2 N–H and O–H groups in total. The number of nitrogens with zero attached hydrogens (tertiary/aromatic N) is 1. The number of ether oxygens (including phenoxy) is 1. The van der Waals surface area contributed by atoms with Crippen LogP contribution in [0.15, 0.2) is 48.5 Å². The molecule has 3 atom stereocenters. The fourth-order valence-corrected chi connectivity index (χ4v) is 5.71. The molecule has 7 nitrogen and oxygen atoms in total. The summed E-state index contributed by atoms with van der Waals surface area (Å²) in [5.41, 5.74) is 3.72. The van der Waals surface area contributed by atoms with E-state index in [0.29, 0.717) is 25.9 Å². The van der Waals surface area contributed by atoms with Gasteiger partial charge >= 0.3 is 12.1 Å². The average molecular weight is 432 g/mol. The van der Waals surface area contributed by atoms with Gasteiger partial charge in [0.05, 0.1) is 5.92 Å². The van der Waals surface area contributed by atoms with Crippen LogP contribution in [-0.2, 0) is 14.3 Å². The molecule has 0 aromatic heterocycles. The van der Waals surface area contributed by atoms with E-state index >= 15 is 0 Å². The summed E-state index contributed by atoms with van der Waals surface area (Å²) in [6.07, 6.45) is 0.597. The van der Waals surface area contributed by atoms with Crippen LogP contribution in [0.3, 0.4) is 0 Å². The zero-order valence-corrected chi connectivity index (χ0v) is 17.5. The molecule has 4 aliphatic rings. The second-order valence-electron chi connectivity index (χ2n) is 9.43. The minimum absolute atomic E-state index is 0.0300. The topological polar surface area (TPSA) is 95.9 Å². The number of alkyl carbamates (subject to hydrolysis) is 1. The smallest absolute Gasteiger partial charge is 0.408 e. The van der Waals surface area contributed by atoms with Gasteiger partial charge in [-0.05, 0) is 46.9 Å². The van der Waals surface area contributed by atoms with Crippen molar-refractivity contribution >= 4 is 18.0 Å². The number of piperidine rings is 1. The lowest BCUT2D eigenvalue weighted by Gasteiger charge is -2.25. The fraction of sp³-hybridized carbons (Fsp3) is 0.400. The van der Waals surface area contributed by atoms with E-state index in [9.17, 15) is 14.4 Å². The molecular weight excluding hydrogens is 408 g/mol. The molecule has 2 saturated carbocycles. The van der Waals surface area contributed by atoms with Gasteiger partial charge < -0.3 is 20.1 Å². The summed E-state index contributed by atoms with van der Waals surface area (Å²) >= 11 is 0. The summed E-state index contributed by atoms with van der Waals surface area (Å²) in [5.74, 6) is -1.11. The number of carbonyl (C=O) groups is 3. The Morgan fingerprint density at radius 2 is 1.53 bits per heavy atom. The molecule has 0 spiro atoms. The van der Waals surface area contributed by atoms with Crippen LogP contribution >= 0.6 is 0 Å². The number of nitrogens with one attached hydrogen (secondary N) is 1. The largest absolute Gasteiger partial charge is 0.481 e. The Balaban J connectivity index is 1.09. The number of hydrogen-bond acceptors (Lipinski definition) is 4. The number of carbonyl (C=O) groups excluding carboxylic acids is 2. The van der Waals surface area contributed by atoms with Crippen LogP contribution in [0.4, 0.5) is 4.79 Å².